The lowest BCUT2D eigenvalue weighted by Crippen LogP contribution is -2.51. The molecule has 3 rings (SSSR count). The molecule has 0 spiro atoms. The zero-order valence-corrected chi connectivity index (χ0v) is 17.0. The molecule has 0 bridgehead atoms. The molecule has 0 aromatic heterocycles. The molecule has 0 atom stereocenters. The maximum atomic E-state index is 12.8. The van der Waals surface area contributed by atoms with Crippen molar-refractivity contribution in [1.29, 1.82) is 0 Å². The first-order chi connectivity index (χ1) is 13.1. The summed E-state index contributed by atoms with van der Waals surface area (Å²) in [5, 5.41) is 8.99. The summed E-state index contributed by atoms with van der Waals surface area (Å²) < 4.78 is 16.4. The van der Waals surface area contributed by atoms with Gasteiger partial charge in [-0.1, -0.05) is 0 Å². The second-order valence-corrected chi connectivity index (χ2v) is 6.90. The number of halogens is 1. The zero-order chi connectivity index (χ0) is 19.3. The van der Waals surface area contributed by atoms with Crippen molar-refractivity contribution in [3.8, 4) is 11.5 Å². The lowest BCUT2D eigenvalue weighted by molar-refractivity contribution is -0.140. The van der Waals surface area contributed by atoms with E-state index < -0.39 is 5.60 Å². The monoisotopic (exact) mass is 413 g/mol. The number of amides is 2. The standard InChI is InChI=1S/C19H27N3O5.ClH/c1-25-15-6-5-14(11-16(15)27-12-17(23)21-13-3-4-13)22-18(24)19(26-2)7-9-20-10-8-19;/h5-6,11,13,20H,3-4,7-10,12H2,1-2H3,(H,21,23)(H,22,24);1H. The highest BCUT2D eigenvalue weighted by Gasteiger charge is 2.39. The Morgan fingerprint density at radius 3 is 2.50 bits per heavy atom. The molecule has 1 aromatic carbocycles. The molecule has 2 amide bonds. The minimum Gasteiger partial charge on any atom is -0.493 e. The SMILES string of the molecule is COc1ccc(NC(=O)C2(OC)CCNCC2)cc1OCC(=O)NC1CC1.Cl. The third kappa shape index (κ3) is 5.50. The van der Waals surface area contributed by atoms with Crippen LogP contribution in [0.3, 0.4) is 0 Å². The van der Waals surface area contributed by atoms with Crippen LogP contribution in [-0.2, 0) is 14.3 Å². The van der Waals surface area contributed by atoms with E-state index in [-0.39, 0.29) is 36.9 Å². The molecule has 3 N–H and O–H groups in total. The van der Waals surface area contributed by atoms with Crippen molar-refractivity contribution < 1.29 is 23.8 Å². The van der Waals surface area contributed by atoms with Crippen LogP contribution in [0.2, 0.25) is 0 Å². The summed E-state index contributed by atoms with van der Waals surface area (Å²) in [6.45, 7) is 1.36. The topological polar surface area (TPSA) is 97.9 Å². The number of anilines is 1. The van der Waals surface area contributed by atoms with Crippen molar-refractivity contribution in [2.24, 2.45) is 0 Å². The summed E-state index contributed by atoms with van der Waals surface area (Å²) in [6, 6.07) is 5.37. The summed E-state index contributed by atoms with van der Waals surface area (Å²) >= 11 is 0. The van der Waals surface area contributed by atoms with Crippen molar-refractivity contribution in [3.05, 3.63) is 18.2 Å². The molecule has 2 aliphatic rings. The molecule has 1 aliphatic heterocycles. The smallest absolute Gasteiger partial charge is 0.258 e. The van der Waals surface area contributed by atoms with Gasteiger partial charge < -0.3 is 30.2 Å². The molecule has 1 aliphatic carbocycles. The third-order valence-corrected chi connectivity index (χ3v) is 4.94. The number of hydrogen-bond acceptors (Lipinski definition) is 6. The Morgan fingerprint density at radius 2 is 1.89 bits per heavy atom. The molecule has 0 unspecified atom stereocenters. The average molecular weight is 414 g/mol. The Bertz CT molecular complexity index is 690. The van der Waals surface area contributed by atoms with Crippen LogP contribution in [0.1, 0.15) is 25.7 Å². The van der Waals surface area contributed by atoms with Gasteiger partial charge in [-0.3, -0.25) is 9.59 Å². The van der Waals surface area contributed by atoms with Crippen LogP contribution in [0.4, 0.5) is 5.69 Å². The molecule has 2 fully saturated rings. The Balaban J connectivity index is 0.00000280. The zero-order valence-electron chi connectivity index (χ0n) is 16.2. The first kappa shape index (κ1) is 22.3. The van der Waals surface area contributed by atoms with Gasteiger partial charge in [0.05, 0.1) is 7.11 Å². The maximum absolute atomic E-state index is 12.8. The number of hydrogen-bond donors (Lipinski definition) is 3. The van der Waals surface area contributed by atoms with Crippen LogP contribution in [0.15, 0.2) is 18.2 Å². The fourth-order valence-corrected chi connectivity index (χ4v) is 3.11. The Kier molecular flexibility index (Phi) is 7.91. The molecule has 0 radical (unpaired) electrons. The van der Waals surface area contributed by atoms with Gasteiger partial charge in [0, 0.05) is 24.9 Å². The molecule has 1 saturated heterocycles. The van der Waals surface area contributed by atoms with Crippen LogP contribution in [-0.4, -0.2) is 57.4 Å². The van der Waals surface area contributed by atoms with Crippen molar-refractivity contribution in [1.82, 2.24) is 10.6 Å². The average Bonchev–Trinajstić information content (AvgIpc) is 3.51. The van der Waals surface area contributed by atoms with Crippen molar-refractivity contribution in [2.75, 3.05) is 39.2 Å². The summed E-state index contributed by atoms with van der Waals surface area (Å²) in [5.74, 6) is 0.546. The fourth-order valence-electron chi connectivity index (χ4n) is 3.11. The molecular formula is C19H28ClN3O5. The van der Waals surface area contributed by atoms with E-state index in [2.05, 4.69) is 16.0 Å². The largest absolute Gasteiger partial charge is 0.493 e. The highest BCUT2D eigenvalue weighted by atomic mass is 35.5. The maximum Gasteiger partial charge on any atom is 0.258 e. The Morgan fingerprint density at radius 1 is 1.18 bits per heavy atom. The van der Waals surface area contributed by atoms with Gasteiger partial charge >= 0.3 is 0 Å². The number of carbonyl (C=O) groups is 2. The number of carbonyl (C=O) groups excluding carboxylic acids is 2. The van der Waals surface area contributed by atoms with E-state index in [1.54, 1.807) is 25.3 Å². The highest BCUT2D eigenvalue weighted by molar-refractivity contribution is 5.97. The van der Waals surface area contributed by atoms with E-state index in [4.69, 9.17) is 14.2 Å². The van der Waals surface area contributed by atoms with Crippen LogP contribution < -0.4 is 25.4 Å². The molecule has 9 heteroatoms. The predicted octanol–water partition coefficient (Wildman–Crippen LogP) is 1.48. The van der Waals surface area contributed by atoms with Crippen LogP contribution in [0.25, 0.3) is 0 Å². The summed E-state index contributed by atoms with van der Waals surface area (Å²) in [5.41, 5.74) is -0.274. The third-order valence-electron chi connectivity index (χ3n) is 4.94. The summed E-state index contributed by atoms with van der Waals surface area (Å²) in [6.07, 6.45) is 3.26. The van der Waals surface area contributed by atoms with Crippen molar-refractivity contribution >= 4 is 29.9 Å². The normalized spacial score (nSPS) is 17.8. The number of piperidine rings is 1. The van der Waals surface area contributed by atoms with E-state index in [0.29, 0.717) is 30.0 Å². The first-order valence-corrected chi connectivity index (χ1v) is 9.24. The molecule has 1 saturated carbocycles. The van der Waals surface area contributed by atoms with Crippen molar-refractivity contribution in [3.63, 3.8) is 0 Å². The van der Waals surface area contributed by atoms with Gasteiger partial charge in [0.2, 0.25) is 0 Å². The molecule has 1 aromatic rings. The minimum absolute atomic E-state index is 0. The minimum atomic E-state index is -0.837. The van der Waals surface area contributed by atoms with Gasteiger partial charge in [-0.25, -0.2) is 0 Å². The van der Waals surface area contributed by atoms with Crippen LogP contribution in [0.5, 0.6) is 11.5 Å². The second kappa shape index (κ2) is 9.95. The van der Waals surface area contributed by atoms with E-state index in [1.165, 1.54) is 7.11 Å². The molecule has 28 heavy (non-hydrogen) atoms. The number of nitrogens with one attached hydrogen (secondary N) is 3. The van der Waals surface area contributed by atoms with Crippen LogP contribution in [0, 0.1) is 0 Å². The fraction of sp³-hybridized carbons (Fsp3) is 0.579. The number of benzene rings is 1. The second-order valence-electron chi connectivity index (χ2n) is 6.90. The van der Waals surface area contributed by atoms with E-state index in [1.807, 2.05) is 0 Å². The Labute approximate surface area is 171 Å². The van der Waals surface area contributed by atoms with Gasteiger partial charge in [-0.15, -0.1) is 12.4 Å². The lowest BCUT2D eigenvalue weighted by atomic mass is 9.91. The van der Waals surface area contributed by atoms with Gasteiger partial charge in [-0.05, 0) is 50.9 Å². The van der Waals surface area contributed by atoms with E-state index in [9.17, 15) is 9.59 Å². The molecule has 1 heterocycles. The lowest BCUT2D eigenvalue weighted by Gasteiger charge is -2.34. The molecule has 156 valence electrons. The first-order valence-electron chi connectivity index (χ1n) is 9.24. The predicted molar refractivity (Wildman–Crippen MR) is 107 cm³/mol. The number of ether oxygens (including phenoxy) is 3. The van der Waals surface area contributed by atoms with Gasteiger partial charge in [0.15, 0.2) is 18.1 Å². The Hall–Kier alpha value is -2.03. The van der Waals surface area contributed by atoms with Gasteiger partial charge in [-0.2, -0.15) is 0 Å². The van der Waals surface area contributed by atoms with E-state index in [0.717, 1.165) is 25.9 Å². The summed E-state index contributed by atoms with van der Waals surface area (Å²) in [7, 11) is 3.09. The number of methoxy groups -OCH3 is 2. The summed E-state index contributed by atoms with van der Waals surface area (Å²) in [4.78, 5) is 24.6. The van der Waals surface area contributed by atoms with Crippen molar-refractivity contribution in [2.45, 2.75) is 37.3 Å². The van der Waals surface area contributed by atoms with E-state index >= 15 is 0 Å². The molecule has 8 nitrogen and oxygen atoms in total. The van der Waals surface area contributed by atoms with Crippen LogP contribution >= 0.6 is 12.4 Å². The van der Waals surface area contributed by atoms with Gasteiger partial charge in [0.1, 0.15) is 5.60 Å². The molecular weight excluding hydrogens is 386 g/mol. The number of rotatable bonds is 8. The van der Waals surface area contributed by atoms with Gasteiger partial charge in [0.25, 0.3) is 11.8 Å². The quantitative estimate of drug-likeness (QED) is 0.597. The highest BCUT2D eigenvalue weighted by Crippen LogP contribution is 2.31.